The minimum absolute atomic E-state index is 0.379. The Balaban J connectivity index is 2.44. The van der Waals surface area contributed by atoms with Crippen LogP contribution >= 0.6 is 11.6 Å². The number of aromatic nitrogens is 3. The Bertz CT molecular complexity index is 455. The third-order valence-corrected chi connectivity index (χ3v) is 2.33. The molecule has 5 heteroatoms. The van der Waals surface area contributed by atoms with E-state index in [-0.39, 0.29) is 0 Å². The Morgan fingerprint density at radius 1 is 1.47 bits per heavy atom. The van der Waals surface area contributed by atoms with E-state index in [2.05, 4.69) is 10.3 Å². The van der Waals surface area contributed by atoms with Crippen LogP contribution in [0.5, 0.6) is 5.75 Å². The van der Waals surface area contributed by atoms with E-state index in [4.69, 9.17) is 16.3 Å². The van der Waals surface area contributed by atoms with Gasteiger partial charge in [-0.25, -0.2) is 4.68 Å². The zero-order valence-corrected chi connectivity index (χ0v) is 8.98. The smallest absolute Gasteiger partial charge is 0.121 e. The first-order chi connectivity index (χ1) is 7.35. The maximum absolute atomic E-state index is 5.76. The summed E-state index contributed by atoms with van der Waals surface area (Å²) in [5.41, 5.74) is 1.74. The summed E-state index contributed by atoms with van der Waals surface area (Å²) in [5.74, 6) is 1.16. The zero-order valence-electron chi connectivity index (χ0n) is 8.22. The van der Waals surface area contributed by atoms with E-state index in [9.17, 15) is 0 Å². The van der Waals surface area contributed by atoms with Crippen molar-refractivity contribution >= 4 is 11.6 Å². The Hall–Kier alpha value is -1.55. The number of ether oxygens (including phenoxy) is 1. The molecular formula is C10H10ClN3O. The summed E-state index contributed by atoms with van der Waals surface area (Å²) in [6.45, 7) is 0. The van der Waals surface area contributed by atoms with E-state index in [0.29, 0.717) is 5.88 Å². The fourth-order valence-electron chi connectivity index (χ4n) is 1.31. The van der Waals surface area contributed by atoms with Crippen LogP contribution in [0.2, 0.25) is 0 Å². The van der Waals surface area contributed by atoms with Crippen LogP contribution in [0, 0.1) is 0 Å². The van der Waals surface area contributed by atoms with E-state index in [1.807, 2.05) is 24.3 Å². The topological polar surface area (TPSA) is 39.9 Å². The van der Waals surface area contributed by atoms with Gasteiger partial charge in [0.2, 0.25) is 0 Å². The number of rotatable bonds is 3. The first-order valence-electron chi connectivity index (χ1n) is 4.45. The van der Waals surface area contributed by atoms with Crippen LogP contribution in [-0.4, -0.2) is 22.1 Å². The summed E-state index contributed by atoms with van der Waals surface area (Å²) in [6.07, 6.45) is 1.65. The molecule has 0 saturated carbocycles. The van der Waals surface area contributed by atoms with Crippen LogP contribution in [0.1, 0.15) is 5.69 Å². The molecule has 0 bridgehead atoms. The number of halogens is 1. The van der Waals surface area contributed by atoms with Gasteiger partial charge >= 0.3 is 0 Å². The van der Waals surface area contributed by atoms with Crippen molar-refractivity contribution in [3.8, 4) is 11.4 Å². The van der Waals surface area contributed by atoms with Gasteiger partial charge in [0, 0.05) is 6.07 Å². The molecule has 0 atom stereocenters. The molecular weight excluding hydrogens is 214 g/mol. The van der Waals surface area contributed by atoms with Gasteiger partial charge in [-0.3, -0.25) is 0 Å². The molecule has 2 rings (SSSR count). The predicted octanol–water partition coefficient (Wildman–Crippen LogP) is 2.01. The second-order valence-electron chi connectivity index (χ2n) is 2.97. The van der Waals surface area contributed by atoms with Crippen LogP contribution < -0.4 is 4.74 Å². The molecule has 1 aromatic carbocycles. The van der Waals surface area contributed by atoms with Gasteiger partial charge in [0.25, 0.3) is 0 Å². The minimum Gasteiger partial charge on any atom is -0.497 e. The van der Waals surface area contributed by atoms with Crippen molar-refractivity contribution in [2.75, 3.05) is 7.11 Å². The SMILES string of the molecule is COc1cccc(-n2nncc2CCl)c1. The lowest BCUT2D eigenvalue weighted by Crippen LogP contribution is -2.00. The normalized spacial score (nSPS) is 10.3. The molecule has 15 heavy (non-hydrogen) atoms. The summed E-state index contributed by atoms with van der Waals surface area (Å²) in [4.78, 5) is 0. The average Bonchev–Trinajstić information content (AvgIpc) is 2.77. The molecule has 0 aliphatic heterocycles. The monoisotopic (exact) mass is 223 g/mol. The standard InChI is InChI=1S/C10H10ClN3O/c1-15-10-4-2-3-8(5-10)14-9(6-11)7-12-13-14/h2-5,7H,6H2,1H3. The molecule has 0 amide bonds. The molecule has 0 saturated heterocycles. The zero-order chi connectivity index (χ0) is 10.7. The van der Waals surface area contributed by atoms with Gasteiger partial charge in [-0.15, -0.1) is 16.7 Å². The number of nitrogens with zero attached hydrogens (tertiary/aromatic N) is 3. The Morgan fingerprint density at radius 3 is 3.07 bits per heavy atom. The number of methoxy groups -OCH3 is 1. The molecule has 0 fully saturated rings. The molecule has 0 aliphatic rings. The lowest BCUT2D eigenvalue weighted by molar-refractivity contribution is 0.414. The largest absolute Gasteiger partial charge is 0.497 e. The van der Waals surface area contributed by atoms with E-state index in [0.717, 1.165) is 17.1 Å². The molecule has 2 aromatic rings. The van der Waals surface area contributed by atoms with Crippen LogP contribution in [-0.2, 0) is 5.88 Å². The molecule has 0 N–H and O–H groups in total. The molecule has 0 spiro atoms. The van der Waals surface area contributed by atoms with Crippen LogP contribution in [0.25, 0.3) is 5.69 Å². The Labute approximate surface area is 92.4 Å². The molecule has 0 unspecified atom stereocenters. The first kappa shape index (κ1) is 9.98. The van der Waals surface area contributed by atoms with Crippen molar-refractivity contribution in [2.24, 2.45) is 0 Å². The summed E-state index contributed by atoms with van der Waals surface area (Å²) >= 11 is 5.76. The maximum Gasteiger partial charge on any atom is 0.121 e. The second-order valence-corrected chi connectivity index (χ2v) is 3.24. The number of alkyl halides is 1. The van der Waals surface area contributed by atoms with E-state index < -0.39 is 0 Å². The van der Waals surface area contributed by atoms with E-state index >= 15 is 0 Å². The summed E-state index contributed by atoms with van der Waals surface area (Å²) in [5, 5.41) is 7.77. The van der Waals surface area contributed by atoms with Gasteiger partial charge in [0.1, 0.15) is 5.75 Å². The van der Waals surface area contributed by atoms with E-state index in [1.165, 1.54) is 0 Å². The van der Waals surface area contributed by atoms with Gasteiger partial charge in [-0.05, 0) is 12.1 Å². The van der Waals surface area contributed by atoms with Crippen molar-refractivity contribution < 1.29 is 4.74 Å². The van der Waals surface area contributed by atoms with Crippen molar-refractivity contribution in [3.63, 3.8) is 0 Å². The number of hydrogen-bond donors (Lipinski definition) is 0. The summed E-state index contributed by atoms with van der Waals surface area (Å²) in [7, 11) is 1.63. The van der Waals surface area contributed by atoms with Crippen LogP contribution in [0.4, 0.5) is 0 Å². The molecule has 4 nitrogen and oxygen atoms in total. The van der Waals surface area contributed by atoms with Gasteiger partial charge in [0.15, 0.2) is 0 Å². The van der Waals surface area contributed by atoms with Gasteiger partial charge < -0.3 is 4.74 Å². The molecule has 1 heterocycles. The quantitative estimate of drug-likeness (QED) is 0.748. The number of benzene rings is 1. The van der Waals surface area contributed by atoms with Gasteiger partial charge in [0.05, 0.1) is 30.6 Å². The third-order valence-electron chi connectivity index (χ3n) is 2.05. The maximum atomic E-state index is 5.76. The second kappa shape index (κ2) is 4.31. The molecule has 0 radical (unpaired) electrons. The lowest BCUT2D eigenvalue weighted by atomic mass is 10.3. The van der Waals surface area contributed by atoms with Crippen LogP contribution in [0.15, 0.2) is 30.5 Å². The van der Waals surface area contributed by atoms with Gasteiger partial charge in [-0.2, -0.15) is 0 Å². The molecule has 0 aliphatic carbocycles. The van der Waals surface area contributed by atoms with Crippen molar-refractivity contribution in [2.45, 2.75) is 5.88 Å². The minimum atomic E-state index is 0.379. The van der Waals surface area contributed by atoms with Crippen molar-refractivity contribution in [1.29, 1.82) is 0 Å². The molecule has 78 valence electrons. The van der Waals surface area contributed by atoms with E-state index in [1.54, 1.807) is 18.0 Å². The highest BCUT2D eigenvalue weighted by Crippen LogP contribution is 2.17. The van der Waals surface area contributed by atoms with Crippen LogP contribution in [0.3, 0.4) is 0 Å². The highest BCUT2D eigenvalue weighted by atomic mass is 35.5. The fourth-order valence-corrected chi connectivity index (χ4v) is 1.49. The summed E-state index contributed by atoms with van der Waals surface area (Å²) in [6, 6.07) is 7.58. The first-order valence-corrected chi connectivity index (χ1v) is 4.98. The summed E-state index contributed by atoms with van der Waals surface area (Å²) < 4.78 is 6.82. The van der Waals surface area contributed by atoms with Crippen molar-refractivity contribution in [1.82, 2.24) is 15.0 Å². The lowest BCUT2D eigenvalue weighted by Gasteiger charge is -2.05. The number of hydrogen-bond acceptors (Lipinski definition) is 3. The van der Waals surface area contributed by atoms with Gasteiger partial charge in [-0.1, -0.05) is 11.3 Å². The molecule has 1 aromatic heterocycles. The third kappa shape index (κ3) is 1.94. The Morgan fingerprint density at radius 2 is 2.33 bits per heavy atom. The fraction of sp³-hybridized carbons (Fsp3) is 0.200. The average molecular weight is 224 g/mol. The predicted molar refractivity (Wildman–Crippen MR) is 57.5 cm³/mol. The highest BCUT2D eigenvalue weighted by Gasteiger charge is 2.05. The highest BCUT2D eigenvalue weighted by molar-refractivity contribution is 6.16. The van der Waals surface area contributed by atoms with Crippen molar-refractivity contribution in [3.05, 3.63) is 36.2 Å². The Kier molecular flexibility index (Phi) is 2.87.